The minimum atomic E-state index is -0.334. The average molecular weight is 221 g/mol. The van der Waals surface area contributed by atoms with Crippen LogP contribution >= 0.6 is 0 Å². The molecule has 2 aromatic heterocycles. The van der Waals surface area contributed by atoms with E-state index in [1.165, 1.54) is 17.4 Å². The van der Waals surface area contributed by atoms with Crippen LogP contribution in [0.4, 0.5) is 5.82 Å². The van der Waals surface area contributed by atoms with E-state index in [-0.39, 0.29) is 11.8 Å². The molecule has 0 spiro atoms. The molecule has 16 heavy (non-hydrogen) atoms. The summed E-state index contributed by atoms with van der Waals surface area (Å²) in [5, 5.41) is 0. The third kappa shape index (κ3) is 1.79. The van der Waals surface area contributed by atoms with Crippen molar-refractivity contribution in [3.8, 4) is 0 Å². The fourth-order valence-electron chi connectivity index (χ4n) is 1.26. The summed E-state index contributed by atoms with van der Waals surface area (Å²) in [4.78, 5) is 28.0. The first kappa shape index (κ1) is 10.3. The Morgan fingerprint density at radius 1 is 1.50 bits per heavy atom. The maximum atomic E-state index is 11.3. The molecule has 2 aromatic rings. The van der Waals surface area contributed by atoms with Crippen LogP contribution in [0.3, 0.4) is 0 Å². The lowest BCUT2D eigenvalue weighted by Gasteiger charge is -2.02. The Hall–Kier alpha value is -2.18. The molecule has 2 N–H and O–H groups in total. The molecule has 0 saturated heterocycles. The van der Waals surface area contributed by atoms with Crippen molar-refractivity contribution in [1.29, 1.82) is 0 Å². The van der Waals surface area contributed by atoms with Crippen molar-refractivity contribution < 1.29 is 9.63 Å². The molecule has 0 amide bonds. The zero-order chi connectivity index (χ0) is 11.5. The first-order chi connectivity index (χ1) is 7.72. The molecular formula is C9H11N5O2. The van der Waals surface area contributed by atoms with Crippen molar-refractivity contribution in [3.63, 3.8) is 0 Å². The van der Waals surface area contributed by atoms with Gasteiger partial charge in [-0.3, -0.25) is 0 Å². The van der Waals surface area contributed by atoms with Gasteiger partial charge in [-0.2, -0.15) is 0 Å². The highest BCUT2D eigenvalue weighted by atomic mass is 16.7. The van der Waals surface area contributed by atoms with Crippen LogP contribution in [0.1, 0.15) is 19.8 Å². The summed E-state index contributed by atoms with van der Waals surface area (Å²) in [6, 6.07) is 0. The van der Waals surface area contributed by atoms with Gasteiger partial charge in [0.05, 0.1) is 0 Å². The molecule has 0 unspecified atom stereocenters. The largest absolute Gasteiger partial charge is 0.382 e. The van der Waals surface area contributed by atoms with Crippen molar-refractivity contribution in [2.45, 2.75) is 19.8 Å². The second-order valence-corrected chi connectivity index (χ2v) is 3.21. The zero-order valence-electron chi connectivity index (χ0n) is 8.75. The molecule has 0 bridgehead atoms. The molecule has 84 valence electrons. The summed E-state index contributed by atoms with van der Waals surface area (Å²) in [5.74, 6) is -0.0747. The predicted octanol–water partition coefficient (Wildman–Crippen LogP) is 0.164. The Labute approximate surface area is 91.2 Å². The molecular weight excluding hydrogens is 210 g/mol. The van der Waals surface area contributed by atoms with E-state index in [2.05, 4.69) is 15.0 Å². The number of nitrogen functional groups attached to an aromatic ring is 1. The Morgan fingerprint density at radius 2 is 2.31 bits per heavy atom. The number of hydrogen-bond donors (Lipinski definition) is 1. The van der Waals surface area contributed by atoms with Crippen molar-refractivity contribution in [3.05, 3.63) is 12.7 Å². The van der Waals surface area contributed by atoms with Gasteiger partial charge in [-0.15, -0.1) is 4.73 Å². The van der Waals surface area contributed by atoms with Crippen LogP contribution in [0.2, 0.25) is 0 Å². The van der Waals surface area contributed by atoms with Gasteiger partial charge in [0, 0.05) is 6.42 Å². The number of rotatable bonds is 3. The van der Waals surface area contributed by atoms with Gasteiger partial charge in [0.25, 0.3) is 0 Å². The molecule has 2 heterocycles. The number of anilines is 1. The van der Waals surface area contributed by atoms with Crippen molar-refractivity contribution >= 4 is 23.0 Å². The molecule has 0 saturated carbocycles. The minimum Gasteiger partial charge on any atom is -0.382 e. The van der Waals surface area contributed by atoms with Gasteiger partial charge in [-0.1, -0.05) is 6.92 Å². The fourth-order valence-corrected chi connectivity index (χ4v) is 1.26. The van der Waals surface area contributed by atoms with E-state index >= 15 is 0 Å². The average Bonchev–Trinajstić information content (AvgIpc) is 2.64. The van der Waals surface area contributed by atoms with Crippen molar-refractivity contribution in [2.75, 3.05) is 5.73 Å². The van der Waals surface area contributed by atoms with Gasteiger partial charge in [0.15, 0.2) is 11.3 Å². The highest BCUT2D eigenvalue weighted by Gasteiger charge is 2.11. The molecule has 0 aliphatic carbocycles. The Balaban J connectivity index is 2.32. The lowest BCUT2D eigenvalue weighted by Crippen LogP contribution is -2.18. The smallest absolute Gasteiger partial charge is 0.333 e. The zero-order valence-corrected chi connectivity index (χ0v) is 8.75. The van der Waals surface area contributed by atoms with Crippen LogP contribution in [0, 0.1) is 0 Å². The third-order valence-corrected chi connectivity index (χ3v) is 1.99. The third-order valence-electron chi connectivity index (χ3n) is 1.99. The van der Waals surface area contributed by atoms with Gasteiger partial charge in [-0.25, -0.2) is 19.7 Å². The van der Waals surface area contributed by atoms with E-state index in [1.54, 1.807) is 0 Å². The number of fused-ring (bicyclic) bond motifs is 1. The van der Waals surface area contributed by atoms with Crippen LogP contribution in [-0.2, 0) is 4.79 Å². The van der Waals surface area contributed by atoms with E-state index in [1.807, 2.05) is 6.92 Å². The Bertz CT molecular complexity index is 522. The van der Waals surface area contributed by atoms with Gasteiger partial charge in [0.2, 0.25) is 5.65 Å². The van der Waals surface area contributed by atoms with Gasteiger partial charge < -0.3 is 10.6 Å². The number of nitrogens with two attached hydrogens (primary N) is 1. The Kier molecular flexibility index (Phi) is 2.67. The maximum Gasteiger partial charge on any atom is 0.333 e. The number of aromatic nitrogens is 4. The fraction of sp³-hybridized carbons (Fsp3) is 0.333. The van der Waals surface area contributed by atoms with Crippen LogP contribution in [0.15, 0.2) is 12.7 Å². The van der Waals surface area contributed by atoms with Crippen LogP contribution in [0.5, 0.6) is 0 Å². The molecule has 7 heteroatoms. The lowest BCUT2D eigenvalue weighted by atomic mass is 10.3. The second kappa shape index (κ2) is 4.13. The number of nitrogens with zero attached hydrogens (tertiary/aromatic N) is 4. The highest BCUT2D eigenvalue weighted by Crippen LogP contribution is 2.12. The second-order valence-electron chi connectivity index (χ2n) is 3.21. The molecule has 0 aliphatic rings. The van der Waals surface area contributed by atoms with E-state index in [4.69, 9.17) is 10.6 Å². The summed E-state index contributed by atoms with van der Waals surface area (Å²) < 4.78 is 1.20. The number of imidazole rings is 1. The first-order valence-corrected chi connectivity index (χ1v) is 4.87. The number of carbonyl (C=O) groups is 1. The summed E-state index contributed by atoms with van der Waals surface area (Å²) in [6.07, 6.45) is 3.72. The van der Waals surface area contributed by atoms with Gasteiger partial charge in [-0.05, 0) is 6.42 Å². The Morgan fingerprint density at radius 3 is 3.06 bits per heavy atom. The molecule has 0 fully saturated rings. The lowest BCUT2D eigenvalue weighted by molar-refractivity contribution is -0.143. The van der Waals surface area contributed by atoms with Crippen molar-refractivity contribution in [2.24, 2.45) is 0 Å². The standard InChI is InChI=1S/C9H11N5O2/c1-2-3-6(15)16-14-5-13-7-8(10)11-4-12-9(7)14/h4-5H,2-3H2,1H3,(H2,10,11,12). The highest BCUT2D eigenvalue weighted by molar-refractivity contribution is 5.81. The first-order valence-electron chi connectivity index (χ1n) is 4.87. The molecule has 0 atom stereocenters. The van der Waals surface area contributed by atoms with Crippen LogP contribution in [0.25, 0.3) is 11.2 Å². The van der Waals surface area contributed by atoms with E-state index < -0.39 is 0 Å². The molecule has 2 rings (SSSR count). The predicted molar refractivity (Wildman–Crippen MR) is 56.2 cm³/mol. The summed E-state index contributed by atoms with van der Waals surface area (Å²) in [7, 11) is 0. The maximum absolute atomic E-state index is 11.3. The molecule has 0 aromatic carbocycles. The van der Waals surface area contributed by atoms with Crippen LogP contribution in [-0.4, -0.2) is 25.7 Å². The number of carbonyl (C=O) groups excluding carboxylic acids is 1. The van der Waals surface area contributed by atoms with E-state index in [0.717, 1.165) is 6.42 Å². The molecule has 0 aliphatic heterocycles. The van der Waals surface area contributed by atoms with Crippen molar-refractivity contribution in [1.82, 2.24) is 19.7 Å². The SMILES string of the molecule is CCCC(=O)On1cnc2c(N)ncnc21. The molecule has 7 nitrogen and oxygen atoms in total. The topological polar surface area (TPSA) is 95.9 Å². The number of hydrogen-bond acceptors (Lipinski definition) is 6. The minimum absolute atomic E-state index is 0.260. The summed E-state index contributed by atoms with van der Waals surface area (Å²) >= 11 is 0. The summed E-state index contributed by atoms with van der Waals surface area (Å²) in [6.45, 7) is 1.90. The van der Waals surface area contributed by atoms with Gasteiger partial charge >= 0.3 is 5.97 Å². The quantitative estimate of drug-likeness (QED) is 0.793. The summed E-state index contributed by atoms with van der Waals surface area (Å²) in [5.41, 5.74) is 6.40. The van der Waals surface area contributed by atoms with E-state index in [9.17, 15) is 4.79 Å². The van der Waals surface area contributed by atoms with Crippen LogP contribution < -0.4 is 10.6 Å². The monoisotopic (exact) mass is 221 g/mol. The normalized spacial score (nSPS) is 10.6. The van der Waals surface area contributed by atoms with Gasteiger partial charge in [0.1, 0.15) is 12.7 Å². The molecule has 0 radical (unpaired) electrons. The van der Waals surface area contributed by atoms with E-state index in [0.29, 0.717) is 17.6 Å².